The Morgan fingerprint density at radius 2 is 2.04 bits per heavy atom. The maximum atomic E-state index is 10.8. The minimum absolute atomic E-state index is 0.298. The fourth-order valence-corrected chi connectivity index (χ4v) is 2.29. The van der Waals surface area contributed by atoms with Crippen LogP contribution in [0.5, 0.6) is 0 Å². The van der Waals surface area contributed by atoms with Gasteiger partial charge in [0.15, 0.2) is 0 Å². The van der Waals surface area contributed by atoms with E-state index < -0.39 is 6.03 Å². The third kappa shape index (κ3) is 3.43. The molecule has 0 radical (unpaired) electrons. The van der Waals surface area contributed by atoms with E-state index >= 15 is 0 Å². The molecule has 0 atom stereocenters. The molecule has 8 heteroatoms. The molecule has 124 valence electrons. The molecule has 0 bridgehead atoms. The van der Waals surface area contributed by atoms with E-state index in [1.54, 1.807) is 16.6 Å². The van der Waals surface area contributed by atoms with Gasteiger partial charge in [-0.05, 0) is 23.6 Å². The van der Waals surface area contributed by atoms with E-state index in [2.05, 4.69) is 39.5 Å². The second-order valence-electron chi connectivity index (χ2n) is 5.73. The minimum Gasteiger partial charge on any atom is -0.366 e. The second kappa shape index (κ2) is 6.53. The molecule has 2 amide bonds. The van der Waals surface area contributed by atoms with Crippen LogP contribution >= 0.6 is 0 Å². The number of aromatic nitrogens is 4. The summed E-state index contributed by atoms with van der Waals surface area (Å²) >= 11 is 0. The zero-order chi connectivity index (χ0) is 17.1. The quantitative estimate of drug-likeness (QED) is 0.667. The van der Waals surface area contributed by atoms with Gasteiger partial charge in [0, 0.05) is 18.3 Å². The number of hydrogen-bond donors (Lipinski definition) is 3. The van der Waals surface area contributed by atoms with E-state index in [1.807, 2.05) is 18.2 Å². The van der Waals surface area contributed by atoms with Crippen molar-refractivity contribution in [2.75, 3.05) is 10.6 Å². The SMILES string of the molecule is CC(C)c1cc(NCc2ccc(NC(N)=O)cc2)n2ncnc2n1. The van der Waals surface area contributed by atoms with Gasteiger partial charge >= 0.3 is 6.03 Å². The number of nitrogens with one attached hydrogen (secondary N) is 2. The molecule has 8 nitrogen and oxygen atoms in total. The van der Waals surface area contributed by atoms with Crippen LogP contribution in [-0.4, -0.2) is 25.6 Å². The minimum atomic E-state index is -0.576. The van der Waals surface area contributed by atoms with Crippen molar-refractivity contribution in [2.24, 2.45) is 5.73 Å². The molecule has 24 heavy (non-hydrogen) atoms. The normalized spacial score (nSPS) is 11.0. The van der Waals surface area contributed by atoms with Crippen molar-refractivity contribution >= 4 is 23.3 Å². The lowest BCUT2D eigenvalue weighted by Crippen LogP contribution is -2.19. The van der Waals surface area contributed by atoms with Crippen molar-refractivity contribution in [3.05, 3.63) is 47.9 Å². The van der Waals surface area contributed by atoms with Gasteiger partial charge in [0.1, 0.15) is 12.1 Å². The van der Waals surface area contributed by atoms with Crippen LogP contribution in [-0.2, 0) is 6.54 Å². The lowest BCUT2D eigenvalue weighted by atomic mass is 10.1. The van der Waals surface area contributed by atoms with E-state index in [-0.39, 0.29) is 0 Å². The summed E-state index contributed by atoms with van der Waals surface area (Å²) in [5.41, 5.74) is 7.77. The van der Waals surface area contributed by atoms with Crippen LogP contribution in [0.25, 0.3) is 5.78 Å². The molecule has 0 aliphatic heterocycles. The van der Waals surface area contributed by atoms with Gasteiger partial charge in [-0.2, -0.15) is 14.6 Å². The Labute approximate surface area is 139 Å². The number of nitrogens with zero attached hydrogens (tertiary/aromatic N) is 4. The molecular formula is C16H19N7O. The van der Waals surface area contributed by atoms with Crippen molar-refractivity contribution < 1.29 is 4.79 Å². The highest BCUT2D eigenvalue weighted by atomic mass is 16.2. The molecule has 0 spiro atoms. The van der Waals surface area contributed by atoms with Crippen molar-refractivity contribution in [2.45, 2.75) is 26.3 Å². The summed E-state index contributed by atoms with van der Waals surface area (Å²) in [6.07, 6.45) is 1.49. The van der Waals surface area contributed by atoms with Gasteiger partial charge in [-0.3, -0.25) is 0 Å². The number of nitrogens with two attached hydrogens (primary N) is 1. The Morgan fingerprint density at radius 1 is 1.29 bits per heavy atom. The van der Waals surface area contributed by atoms with Crippen LogP contribution in [0.1, 0.15) is 31.0 Å². The van der Waals surface area contributed by atoms with Crippen LogP contribution in [0, 0.1) is 0 Å². The summed E-state index contributed by atoms with van der Waals surface area (Å²) in [6.45, 7) is 4.78. The number of carbonyl (C=O) groups is 1. The maximum Gasteiger partial charge on any atom is 0.316 e. The molecule has 1 aromatic carbocycles. The Kier molecular flexibility index (Phi) is 4.28. The monoisotopic (exact) mass is 325 g/mol. The third-order valence-corrected chi connectivity index (χ3v) is 3.56. The number of hydrogen-bond acceptors (Lipinski definition) is 5. The van der Waals surface area contributed by atoms with Gasteiger partial charge in [-0.15, -0.1) is 0 Å². The molecule has 2 aromatic heterocycles. The molecule has 0 fully saturated rings. The van der Waals surface area contributed by atoms with Crippen molar-refractivity contribution in [3.63, 3.8) is 0 Å². The number of amides is 2. The zero-order valence-electron chi connectivity index (χ0n) is 13.5. The first kappa shape index (κ1) is 15.7. The number of carbonyl (C=O) groups excluding carboxylic acids is 1. The van der Waals surface area contributed by atoms with Crippen molar-refractivity contribution in [1.29, 1.82) is 0 Å². The first-order chi connectivity index (χ1) is 11.5. The van der Waals surface area contributed by atoms with E-state index in [1.165, 1.54) is 6.33 Å². The molecule has 0 saturated heterocycles. The largest absolute Gasteiger partial charge is 0.366 e. The first-order valence-electron chi connectivity index (χ1n) is 7.63. The van der Waals surface area contributed by atoms with Gasteiger partial charge < -0.3 is 16.4 Å². The lowest BCUT2D eigenvalue weighted by molar-refractivity contribution is 0.259. The number of primary amides is 1. The van der Waals surface area contributed by atoms with E-state index in [0.717, 1.165) is 17.1 Å². The number of urea groups is 1. The zero-order valence-corrected chi connectivity index (χ0v) is 13.5. The standard InChI is InChI=1S/C16H19N7O/c1-10(2)13-7-14(23-16(22-13)19-9-20-23)18-8-11-3-5-12(6-4-11)21-15(17)24/h3-7,9-10,18H,8H2,1-2H3,(H3,17,21,24). The van der Waals surface area contributed by atoms with Crippen molar-refractivity contribution in [3.8, 4) is 0 Å². The Hall–Kier alpha value is -3.16. The molecule has 0 saturated carbocycles. The second-order valence-corrected chi connectivity index (χ2v) is 5.73. The number of fused-ring (bicyclic) bond motifs is 1. The Bertz CT molecular complexity index is 854. The molecule has 0 aliphatic carbocycles. The number of benzene rings is 1. The van der Waals surface area contributed by atoms with Gasteiger partial charge in [0.25, 0.3) is 5.78 Å². The maximum absolute atomic E-state index is 10.8. The smallest absolute Gasteiger partial charge is 0.316 e. The van der Waals surface area contributed by atoms with Gasteiger partial charge in [-0.25, -0.2) is 9.78 Å². The van der Waals surface area contributed by atoms with Gasteiger partial charge in [0.2, 0.25) is 0 Å². The summed E-state index contributed by atoms with van der Waals surface area (Å²) in [4.78, 5) is 19.5. The molecule has 3 aromatic rings. The third-order valence-electron chi connectivity index (χ3n) is 3.56. The fourth-order valence-electron chi connectivity index (χ4n) is 2.29. The van der Waals surface area contributed by atoms with E-state index in [9.17, 15) is 4.79 Å². The molecule has 3 rings (SSSR count). The fraction of sp³-hybridized carbons (Fsp3) is 0.250. The first-order valence-corrected chi connectivity index (χ1v) is 7.63. The Balaban J connectivity index is 1.77. The predicted molar refractivity (Wildman–Crippen MR) is 91.8 cm³/mol. The molecule has 2 heterocycles. The van der Waals surface area contributed by atoms with Crippen molar-refractivity contribution in [1.82, 2.24) is 19.6 Å². The molecule has 0 unspecified atom stereocenters. The van der Waals surface area contributed by atoms with Crippen LogP contribution in [0.15, 0.2) is 36.7 Å². The summed E-state index contributed by atoms with van der Waals surface area (Å²) in [7, 11) is 0. The van der Waals surface area contributed by atoms with Gasteiger partial charge in [-0.1, -0.05) is 26.0 Å². The number of anilines is 2. The number of rotatable bonds is 5. The summed E-state index contributed by atoms with van der Waals surface area (Å²) in [6, 6.07) is 8.85. The average molecular weight is 325 g/mol. The average Bonchev–Trinajstić information content (AvgIpc) is 3.02. The van der Waals surface area contributed by atoms with Gasteiger partial charge in [0.05, 0.1) is 5.69 Å². The highest BCUT2D eigenvalue weighted by molar-refractivity contribution is 5.87. The summed E-state index contributed by atoms with van der Waals surface area (Å²) < 4.78 is 1.68. The summed E-state index contributed by atoms with van der Waals surface area (Å²) in [5, 5.41) is 10.1. The Morgan fingerprint density at radius 3 is 2.71 bits per heavy atom. The lowest BCUT2D eigenvalue weighted by Gasteiger charge is -2.12. The molecular weight excluding hydrogens is 306 g/mol. The van der Waals surface area contributed by atoms with E-state index in [4.69, 9.17) is 5.73 Å². The van der Waals surface area contributed by atoms with Crippen LogP contribution in [0.2, 0.25) is 0 Å². The molecule has 4 N–H and O–H groups in total. The summed E-state index contributed by atoms with van der Waals surface area (Å²) in [5.74, 6) is 1.71. The topological polar surface area (TPSA) is 110 Å². The highest BCUT2D eigenvalue weighted by Crippen LogP contribution is 2.18. The van der Waals surface area contributed by atoms with Crippen LogP contribution in [0.4, 0.5) is 16.3 Å². The van der Waals surface area contributed by atoms with Crippen LogP contribution in [0.3, 0.4) is 0 Å². The van der Waals surface area contributed by atoms with E-state index in [0.29, 0.717) is 23.9 Å². The predicted octanol–water partition coefficient (Wildman–Crippen LogP) is 2.35. The highest BCUT2D eigenvalue weighted by Gasteiger charge is 2.10. The molecule has 0 aliphatic rings. The van der Waals surface area contributed by atoms with Crippen LogP contribution < -0.4 is 16.4 Å².